The SMILES string of the molecule is O=C(O)c1ccc(-c2cn(CCc3ccccc3)c(=O)n2Cc2ccc(CP(=O)(OF)OF)c(Br)c2)cc1. The molecule has 0 spiro atoms. The Bertz CT molecular complexity index is 1530. The fourth-order valence-electron chi connectivity index (χ4n) is 4.02. The van der Waals surface area contributed by atoms with Crippen molar-refractivity contribution in [2.45, 2.75) is 25.7 Å². The van der Waals surface area contributed by atoms with Crippen LogP contribution in [0.5, 0.6) is 0 Å². The van der Waals surface area contributed by atoms with Gasteiger partial charge in [0, 0.05) is 17.2 Å². The Morgan fingerprint density at radius 2 is 1.66 bits per heavy atom. The number of benzene rings is 3. The van der Waals surface area contributed by atoms with Gasteiger partial charge in [-0.25, -0.2) is 9.59 Å². The highest BCUT2D eigenvalue weighted by Gasteiger charge is 2.29. The van der Waals surface area contributed by atoms with Gasteiger partial charge in [0.1, 0.15) is 0 Å². The van der Waals surface area contributed by atoms with Gasteiger partial charge < -0.3 is 5.11 Å². The van der Waals surface area contributed by atoms with Crippen LogP contribution >= 0.6 is 23.5 Å². The molecule has 0 radical (unpaired) electrons. The van der Waals surface area contributed by atoms with Gasteiger partial charge in [0.05, 0.1) is 24.0 Å². The van der Waals surface area contributed by atoms with Crippen molar-refractivity contribution >= 4 is 29.5 Å². The molecule has 0 saturated carbocycles. The molecule has 198 valence electrons. The van der Waals surface area contributed by atoms with Crippen molar-refractivity contribution in [1.82, 2.24) is 9.13 Å². The van der Waals surface area contributed by atoms with Crippen molar-refractivity contribution in [2.24, 2.45) is 0 Å². The van der Waals surface area contributed by atoms with Crippen LogP contribution in [0.2, 0.25) is 0 Å². The van der Waals surface area contributed by atoms with E-state index in [9.17, 15) is 28.3 Å². The van der Waals surface area contributed by atoms with Crippen molar-refractivity contribution in [1.29, 1.82) is 0 Å². The van der Waals surface area contributed by atoms with Gasteiger partial charge in [-0.15, -0.1) is 9.46 Å². The van der Waals surface area contributed by atoms with Crippen molar-refractivity contribution < 1.29 is 33.0 Å². The zero-order valence-corrected chi connectivity index (χ0v) is 22.3. The summed E-state index contributed by atoms with van der Waals surface area (Å²) < 4.78 is 46.8. The predicted molar refractivity (Wildman–Crippen MR) is 140 cm³/mol. The lowest BCUT2D eigenvalue weighted by Crippen LogP contribution is -2.25. The Labute approximate surface area is 224 Å². The summed E-state index contributed by atoms with van der Waals surface area (Å²) in [4.78, 5) is 24.7. The Kier molecular flexibility index (Phi) is 8.73. The molecular formula is C26H22BrF2N2O6P. The normalized spacial score (nSPS) is 11.6. The summed E-state index contributed by atoms with van der Waals surface area (Å²) in [6, 6.07) is 20.7. The maximum atomic E-state index is 13.4. The highest BCUT2D eigenvalue weighted by Crippen LogP contribution is 2.53. The second-order valence-electron chi connectivity index (χ2n) is 8.53. The topological polar surface area (TPSA) is 99.8 Å². The monoisotopic (exact) mass is 606 g/mol. The van der Waals surface area contributed by atoms with Crippen LogP contribution < -0.4 is 5.69 Å². The number of aromatic carboxylic acids is 1. The molecule has 8 nitrogen and oxygen atoms in total. The minimum atomic E-state index is -4.57. The minimum absolute atomic E-state index is 0.123. The third-order valence-corrected chi connectivity index (χ3v) is 7.88. The van der Waals surface area contributed by atoms with E-state index < -0.39 is 19.7 Å². The van der Waals surface area contributed by atoms with Gasteiger partial charge in [0.25, 0.3) is 0 Å². The first-order valence-corrected chi connectivity index (χ1v) is 13.9. The lowest BCUT2D eigenvalue weighted by atomic mass is 10.1. The summed E-state index contributed by atoms with van der Waals surface area (Å²) in [5.41, 5.74) is 3.13. The first-order chi connectivity index (χ1) is 18.2. The van der Waals surface area contributed by atoms with Crippen molar-refractivity contribution in [3.05, 3.63) is 116 Å². The molecule has 3 aromatic carbocycles. The van der Waals surface area contributed by atoms with E-state index in [4.69, 9.17) is 0 Å². The molecule has 0 unspecified atom stereocenters. The van der Waals surface area contributed by atoms with E-state index in [0.29, 0.717) is 34.3 Å². The first kappa shape index (κ1) is 27.7. The fourth-order valence-corrected chi connectivity index (χ4v) is 5.61. The van der Waals surface area contributed by atoms with Crippen LogP contribution in [0.1, 0.15) is 27.0 Å². The number of rotatable bonds is 11. The van der Waals surface area contributed by atoms with E-state index in [0.717, 1.165) is 5.56 Å². The van der Waals surface area contributed by atoms with Gasteiger partial charge >= 0.3 is 19.3 Å². The molecule has 0 aliphatic heterocycles. The highest BCUT2D eigenvalue weighted by atomic mass is 79.9. The molecule has 0 amide bonds. The van der Waals surface area contributed by atoms with Gasteiger partial charge in [0.15, 0.2) is 0 Å². The minimum Gasteiger partial charge on any atom is -0.478 e. The Balaban J connectivity index is 1.68. The van der Waals surface area contributed by atoms with Crippen molar-refractivity contribution in [3.63, 3.8) is 0 Å². The summed E-state index contributed by atoms with van der Waals surface area (Å²) in [6.07, 6.45) is 1.73. The van der Waals surface area contributed by atoms with Crippen LogP contribution in [0.4, 0.5) is 9.05 Å². The molecule has 1 aromatic heterocycles. The second kappa shape index (κ2) is 12.0. The van der Waals surface area contributed by atoms with Crippen LogP contribution in [0.3, 0.4) is 0 Å². The number of halogens is 3. The number of aryl methyl sites for hydroxylation is 2. The van der Waals surface area contributed by atoms with E-state index in [2.05, 4.69) is 25.4 Å². The Hall–Kier alpha value is -3.37. The van der Waals surface area contributed by atoms with Crippen LogP contribution in [0.25, 0.3) is 11.3 Å². The van der Waals surface area contributed by atoms with Crippen molar-refractivity contribution in [2.75, 3.05) is 0 Å². The molecular weight excluding hydrogens is 585 g/mol. The van der Waals surface area contributed by atoms with Crippen LogP contribution in [-0.4, -0.2) is 20.2 Å². The van der Waals surface area contributed by atoms with E-state index in [1.807, 2.05) is 30.3 Å². The third-order valence-electron chi connectivity index (χ3n) is 5.99. The predicted octanol–water partition coefficient (Wildman–Crippen LogP) is 6.56. The lowest BCUT2D eigenvalue weighted by molar-refractivity contribution is -0.0881. The molecule has 12 heteroatoms. The lowest BCUT2D eigenvalue weighted by Gasteiger charge is -2.12. The molecule has 38 heavy (non-hydrogen) atoms. The number of carbonyl (C=O) groups is 1. The van der Waals surface area contributed by atoms with Gasteiger partial charge in [0.2, 0.25) is 0 Å². The van der Waals surface area contributed by atoms with Crippen LogP contribution in [0, 0.1) is 0 Å². The van der Waals surface area contributed by atoms with E-state index in [1.165, 1.54) is 18.2 Å². The summed E-state index contributed by atoms with van der Waals surface area (Å²) in [5, 5.41) is 9.23. The second-order valence-corrected chi connectivity index (χ2v) is 11.2. The molecule has 1 heterocycles. The number of hydrogen-bond donors (Lipinski definition) is 1. The van der Waals surface area contributed by atoms with E-state index in [1.54, 1.807) is 39.6 Å². The largest absolute Gasteiger partial charge is 0.478 e. The van der Waals surface area contributed by atoms with E-state index >= 15 is 0 Å². The number of hydrogen-bond acceptors (Lipinski definition) is 5. The number of nitrogens with zero attached hydrogens (tertiary/aromatic N) is 2. The molecule has 0 aliphatic carbocycles. The third kappa shape index (κ3) is 6.36. The molecule has 0 saturated heterocycles. The Morgan fingerprint density at radius 3 is 2.26 bits per heavy atom. The average molecular weight is 607 g/mol. The van der Waals surface area contributed by atoms with Crippen LogP contribution in [-0.2, 0) is 39.7 Å². The number of aromatic nitrogens is 2. The van der Waals surface area contributed by atoms with Gasteiger partial charge in [-0.3, -0.25) is 13.7 Å². The maximum absolute atomic E-state index is 13.4. The number of carboxylic acids is 1. The maximum Gasteiger partial charge on any atom is 0.399 e. The number of imidazole rings is 1. The summed E-state index contributed by atoms with van der Waals surface area (Å²) in [6.45, 7) is 0.573. The van der Waals surface area contributed by atoms with Gasteiger partial charge in [-0.05, 0) is 55.9 Å². The zero-order chi connectivity index (χ0) is 27.3. The summed E-state index contributed by atoms with van der Waals surface area (Å²) >= 11 is 3.31. The molecule has 1 N–H and O–H groups in total. The van der Waals surface area contributed by atoms with Gasteiger partial charge in [-0.2, -0.15) is 0 Å². The quantitative estimate of drug-likeness (QED) is 0.194. The first-order valence-electron chi connectivity index (χ1n) is 11.4. The van der Waals surface area contributed by atoms with Crippen molar-refractivity contribution in [3.8, 4) is 11.3 Å². The molecule has 4 rings (SSSR count). The average Bonchev–Trinajstić information content (AvgIpc) is 3.24. The summed E-state index contributed by atoms with van der Waals surface area (Å²) in [7, 11) is -4.57. The molecule has 0 atom stereocenters. The standard InChI is InChI=1S/C26H22BrF2N2O6P/c27-23-14-19(6-7-22(23)17-38(35,36-28)37-29)15-31-24(20-8-10-21(11-9-20)25(32)33)16-30(26(31)34)13-12-18-4-2-1-3-5-18/h1-11,14,16H,12-13,15,17H2,(H,32,33). The zero-order valence-electron chi connectivity index (χ0n) is 19.8. The van der Waals surface area contributed by atoms with Crippen LogP contribution in [0.15, 0.2) is 88.3 Å². The molecule has 0 bridgehead atoms. The van der Waals surface area contributed by atoms with E-state index in [-0.39, 0.29) is 23.4 Å². The fraction of sp³-hybridized carbons (Fsp3) is 0.154. The number of carboxylic acid groups (broad SMARTS) is 1. The highest BCUT2D eigenvalue weighted by molar-refractivity contribution is 9.10. The summed E-state index contributed by atoms with van der Waals surface area (Å²) in [5.74, 6) is -1.06. The Morgan fingerprint density at radius 1 is 0.974 bits per heavy atom. The smallest absolute Gasteiger partial charge is 0.399 e. The molecule has 0 fully saturated rings. The van der Waals surface area contributed by atoms with Gasteiger partial charge in [-0.1, -0.05) is 70.5 Å². The molecule has 0 aliphatic rings. The molecule has 4 aromatic rings.